The van der Waals surface area contributed by atoms with Crippen LogP contribution < -0.4 is 0 Å². The van der Waals surface area contributed by atoms with Gasteiger partial charge in [0.1, 0.15) is 5.82 Å². The molecule has 3 nitrogen and oxygen atoms in total. The van der Waals surface area contributed by atoms with Crippen molar-refractivity contribution in [3.63, 3.8) is 0 Å². The van der Waals surface area contributed by atoms with Gasteiger partial charge in [-0.1, -0.05) is 19.9 Å². The Balaban J connectivity index is 2.03. The molecule has 0 atom stereocenters. The quantitative estimate of drug-likeness (QED) is 0.888. The number of β-amino-alcohol motifs (C(OH)–C–C–N with tert-alkyl or cyclic N) is 1. The van der Waals surface area contributed by atoms with Gasteiger partial charge in [-0.25, -0.2) is 4.39 Å². The first-order chi connectivity index (χ1) is 8.44. The lowest BCUT2D eigenvalue weighted by Crippen LogP contribution is -2.63. The van der Waals surface area contributed by atoms with Gasteiger partial charge in [0.25, 0.3) is 0 Å². The number of nitriles is 1. The zero-order valence-electron chi connectivity index (χ0n) is 10.7. The van der Waals surface area contributed by atoms with Crippen LogP contribution in [0.25, 0.3) is 0 Å². The Morgan fingerprint density at radius 3 is 2.72 bits per heavy atom. The third-order valence-corrected chi connectivity index (χ3v) is 3.66. The summed E-state index contributed by atoms with van der Waals surface area (Å²) in [6.45, 7) is 5.78. The van der Waals surface area contributed by atoms with Gasteiger partial charge in [0.2, 0.25) is 0 Å². The number of hydrogen-bond acceptors (Lipinski definition) is 3. The number of aliphatic hydroxyl groups is 1. The Kier molecular flexibility index (Phi) is 3.38. The number of nitrogens with zero attached hydrogens (tertiary/aromatic N) is 2. The molecule has 1 aliphatic rings. The first kappa shape index (κ1) is 13.0. The van der Waals surface area contributed by atoms with E-state index in [2.05, 4.69) is 4.90 Å². The van der Waals surface area contributed by atoms with E-state index >= 15 is 0 Å². The maximum Gasteiger partial charge on any atom is 0.124 e. The van der Waals surface area contributed by atoms with E-state index in [0.29, 0.717) is 25.2 Å². The van der Waals surface area contributed by atoms with Gasteiger partial charge in [-0.15, -0.1) is 0 Å². The topological polar surface area (TPSA) is 47.3 Å². The van der Waals surface area contributed by atoms with Gasteiger partial charge in [-0.2, -0.15) is 5.26 Å². The van der Waals surface area contributed by atoms with Gasteiger partial charge in [0.05, 0.1) is 17.2 Å². The van der Waals surface area contributed by atoms with Crippen LogP contribution in [0.1, 0.15) is 25.0 Å². The molecule has 1 aromatic carbocycles. The summed E-state index contributed by atoms with van der Waals surface area (Å²) in [4.78, 5) is 2.06. The molecule has 0 aliphatic carbocycles. The van der Waals surface area contributed by atoms with Crippen LogP contribution in [0.2, 0.25) is 0 Å². The molecule has 0 unspecified atom stereocenters. The Hall–Kier alpha value is -1.44. The molecule has 0 bridgehead atoms. The lowest BCUT2D eigenvalue weighted by Gasteiger charge is -2.49. The Bertz CT molecular complexity index is 487. The molecule has 0 radical (unpaired) electrons. The molecule has 0 aromatic heterocycles. The highest BCUT2D eigenvalue weighted by atomic mass is 19.1. The second-order valence-corrected chi connectivity index (χ2v) is 5.32. The van der Waals surface area contributed by atoms with Gasteiger partial charge in [-0.3, -0.25) is 4.90 Å². The van der Waals surface area contributed by atoms with Crippen molar-refractivity contribution in [3.8, 4) is 6.07 Å². The molecule has 1 fully saturated rings. The van der Waals surface area contributed by atoms with Crippen molar-refractivity contribution in [2.24, 2.45) is 5.92 Å². The number of halogens is 1. The van der Waals surface area contributed by atoms with Crippen molar-refractivity contribution in [1.82, 2.24) is 4.90 Å². The SMILES string of the molecule is CC(C)C1(O)CN(Cc2ccc(F)cc2C#N)C1. The molecule has 1 aliphatic heterocycles. The lowest BCUT2D eigenvalue weighted by atomic mass is 9.82. The normalized spacial score (nSPS) is 18.4. The molecule has 18 heavy (non-hydrogen) atoms. The van der Waals surface area contributed by atoms with E-state index < -0.39 is 11.4 Å². The van der Waals surface area contributed by atoms with E-state index in [1.54, 1.807) is 6.07 Å². The lowest BCUT2D eigenvalue weighted by molar-refractivity contribution is -0.130. The van der Waals surface area contributed by atoms with E-state index in [0.717, 1.165) is 5.56 Å². The minimum absolute atomic E-state index is 0.220. The third kappa shape index (κ3) is 2.38. The van der Waals surface area contributed by atoms with Crippen LogP contribution in [0, 0.1) is 23.1 Å². The molecule has 0 saturated carbocycles. The molecule has 1 saturated heterocycles. The first-order valence-electron chi connectivity index (χ1n) is 6.08. The number of benzene rings is 1. The fourth-order valence-electron chi connectivity index (χ4n) is 2.24. The molecule has 1 aromatic rings. The van der Waals surface area contributed by atoms with Gasteiger partial charge >= 0.3 is 0 Å². The summed E-state index contributed by atoms with van der Waals surface area (Å²) in [6.07, 6.45) is 0. The van der Waals surface area contributed by atoms with Crippen LogP contribution in [0.5, 0.6) is 0 Å². The smallest absolute Gasteiger partial charge is 0.124 e. The molecule has 1 N–H and O–H groups in total. The molecule has 0 amide bonds. The Labute approximate surface area is 106 Å². The molecular formula is C14H17FN2O. The Morgan fingerprint density at radius 2 is 2.17 bits per heavy atom. The average Bonchev–Trinajstić information content (AvgIpc) is 2.28. The van der Waals surface area contributed by atoms with Crippen LogP contribution in [0.4, 0.5) is 4.39 Å². The Morgan fingerprint density at radius 1 is 1.50 bits per heavy atom. The van der Waals surface area contributed by atoms with Gasteiger partial charge in [0, 0.05) is 19.6 Å². The van der Waals surface area contributed by atoms with Crippen LogP contribution in [-0.2, 0) is 6.54 Å². The van der Waals surface area contributed by atoms with Crippen LogP contribution in [0.15, 0.2) is 18.2 Å². The highest BCUT2D eigenvalue weighted by Crippen LogP contribution is 2.30. The molecule has 4 heteroatoms. The average molecular weight is 248 g/mol. The van der Waals surface area contributed by atoms with Crippen molar-refractivity contribution in [2.75, 3.05) is 13.1 Å². The summed E-state index contributed by atoms with van der Waals surface area (Å²) in [5.41, 5.74) is 0.562. The van der Waals surface area contributed by atoms with E-state index in [1.807, 2.05) is 19.9 Å². The molecule has 0 spiro atoms. The minimum Gasteiger partial charge on any atom is -0.387 e. The molecule has 96 valence electrons. The van der Waals surface area contributed by atoms with Crippen LogP contribution in [0.3, 0.4) is 0 Å². The maximum absolute atomic E-state index is 13.0. The highest BCUT2D eigenvalue weighted by molar-refractivity contribution is 5.38. The van der Waals surface area contributed by atoms with Crippen molar-refractivity contribution >= 4 is 0 Å². The van der Waals surface area contributed by atoms with Gasteiger partial charge < -0.3 is 5.11 Å². The molecule has 1 heterocycles. The second-order valence-electron chi connectivity index (χ2n) is 5.32. The summed E-state index contributed by atoms with van der Waals surface area (Å²) >= 11 is 0. The monoisotopic (exact) mass is 248 g/mol. The summed E-state index contributed by atoms with van der Waals surface area (Å²) < 4.78 is 13.0. The van der Waals surface area contributed by atoms with E-state index in [1.165, 1.54) is 12.1 Å². The van der Waals surface area contributed by atoms with Crippen molar-refractivity contribution in [3.05, 3.63) is 35.1 Å². The van der Waals surface area contributed by atoms with Crippen molar-refractivity contribution in [1.29, 1.82) is 5.26 Å². The summed E-state index contributed by atoms with van der Waals surface area (Å²) in [5.74, 6) is -0.171. The summed E-state index contributed by atoms with van der Waals surface area (Å²) in [5, 5.41) is 19.1. The number of rotatable bonds is 3. The minimum atomic E-state index is -0.618. The highest BCUT2D eigenvalue weighted by Gasteiger charge is 2.43. The van der Waals surface area contributed by atoms with Gasteiger partial charge in [-0.05, 0) is 23.6 Å². The predicted octanol–water partition coefficient (Wildman–Crippen LogP) is 1.90. The number of hydrogen-bond donors (Lipinski definition) is 1. The predicted molar refractivity (Wildman–Crippen MR) is 66.2 cm³/mol. The summed E-state index contributed by atoms with van der Waals surface area (Å²) in [7, 11) is 0. The van der Waals surface area contributed by atoms with E-state index in [4.69, 9.17) is 5.26 Å². The van der Waals surface area contributed by atoms with E-state index in [-0.39, 0.29) is 5.92 Å². The third-order valence-electron chi connectivity index (χ3n) is 3.66. The van der Waals surface area contributed by atoms with Gasteiger partial charge in [0.15, 0.2) is 0 Å². The summed E-state index contributed by atoms with van der Waals surface area (Å²) in [6, 6.07) is 6.26. The molecular weight excluding hydrogens is 231 g/mol. The first-order valence-corrected chi connectivity index (χ1v) is 6.08. The maximum atomic E-state index is 13.0. The number of likely N-dealkylation sites (tertiary alicyclic amines) is 1. The van der Waals surface area contributed by atoms with Crippen molar-refractivity contribution in [2.45, 2.75) is 26.0 Å². The van der Waals surface area contributed by atoms with E-state index in [9.17, 15) is 9.50 Å². The molecule has 2 rings (SSSR count). The second kappa shape index (κ2) is 4.68. The standard InChI is InChI=1S/C14H17FN2O/c1-10(2)14(18)8-17(9-14)7-11-3-4-13(15)5-12(11)6-16/h3-5,10,18H,7-9H2,1-2H3. The fraction of sp³-hybridized carbons (Fsp3) is 0.500. The fourth-order valence-corrected chi connectivity index (χ4v) is 2.24. The van der Waals surface area contributed by atoms with Crippen molar-refractivity contribution < 1.29 is 9.50 Å². The van der Waals surface area contributed by atoms with Crippen LogP contribution in [-0.4, -0.2) is 28.7 Å². The zero-order chi connectivity index (χ0) is 13.3. The largest absolute Gasteiger partial charge is 0.387 e. The van der Waals surface area contributed by atoms with Crippen LogP contribution >= 0.6 is 0 Å². The zero-order valence-corrected chi connectivity index (χ0v) is 10.7.